The zero-order valence-corrected chi connectivity index (χ0v) is 10.9. The minimum absolute atomic E-state index is 0.0864. The molecule has 0 N–H and O–H groups in total. The lowest BCUT2D eigenvalue weighted by Gasteiger charge is -2.26. The number of halogens is 2. The molecule has 0 spiro atoms. The van der Waals surface area contributed by atoms with Crippen LogP contribution in [-0.2, 0) is 9.59 Å². The Hall–Kier alpha value is -0.220. The normalized spacial score (nSPS) is 42.8. The molecule has 3 aliphatic rings. The first kappa shape index (κ1) is 9.97. The zero-order valence-electron chi connectivity index (χ0n) is 7.74. The Morgan fingerprint density at radius 3 is 1.73 bits per heavy atom. The third kappa shape index (κ3) is 1.15. The molecule has 0 heterocycles. The van der Waals surface area contributed by atoms with Crippen LogP contribution in [0, 0.1) is 11.8 Å². The highest BCUT2D eigenvalue weighted by Gasteiger charge is 2.49. The first-order valence-corrected chi connectivity index (χ1v) is 6.73. The Bertz CT molecular complexity index is 398. The summed E-state index contributed by atoms with van der Waals surface area (Å²) in [6.45, 7) is 0. The molecule has 0 aliphatic heterocycles. The smallest absolute Gasteiger partial charge is 0.175 e. The van der Waals surface area contributed by atoms with Crippen molar-refractivity contribution in [1.82, 2.24) is 0 Å². The Morgan fingerprint density at radius 2 is 1.33 bits per heavy atom. The van der Waals surface area contributed by atoms with Crippen LogP contribution in [-0.4, -0.2) is 21.2 Å². The molecule has 0 radical (unpaired) electrons. The van der Waals surface area contributed by atoms with Gasteiger partial charge in [-0.3, -0.25) is 9.59 Å². The van der Waals surface area contributed by atoms with Gasteiger partial charge < -0.3 is 0 Å². The lowest BCUT2D eigenvalue weighted by Crippen LogP contribution is -2.40. The SMILES string of the molecule is O=C1C2=C(C(=O)[C@H](Br)[C@H]1Br)[C@H]1C=C[C@@H]2C1. The Labute approximate surface area is 104 Å². The Kier molecular flexibility index (Phi) is 2.09. The van der Waals surface area contributed by atoms with Gasteiger partial charge in [-0.1, -0.05) is 44.0 Å². The van der Waals surface area contributed by atoms with Crippen molar-refractivity contribution in [3.05, 3.63) is 23.3 Å². The van der Waals surface area contributed by atoms with Crippen LogP contribution < -0.4 is 0 Å². The number of carbonyl (C=O) groups excluding carboxylic acids is 2. The molecule has 15 heavy (non-hydrogen) atoms. The van der Waals surface area contributed by atoms with E-state index in [-0.39, 0.29) is 23.4 Å². The molecule has 0 unspecified atom stereocenters. The third-order valence-corrected chi connectivity index (χ3v) is 6.00. The number of fused-ring (bicyclic) bond motifs is 4. The molecular weight excluding hydrogens is 324 g/mol. The van der Waals surface area contributed by atoms with Gasteiger partial charge in [-0.2, -0.15) is 0 Å². The molecule has 4 atom stereocenters. The van der Waals surface area contributed by atoms with Gasteiger partial charge in [0.25, 0.3) is 0 Å². The number of ketones is 2. The molecule has 3 aliphatic carbocycles. The monoisotopic (exact) mass is 330 g/mol. The average Bonchev–Trinajstić information content (AvgIpc) is 2.82. The summed E-state index contributed by atoms with van der Waals surface area (Å²) in [4.78, 5) is 23.3. The second kappa shape index (κ2) is 3.14. The molecule has 2 nitrogen and oxygen atoms in total. The third-order valence-electron chi connectivity index (χ3n) is 3.40. The molecule has 0 aromatic rings. The molecule has 0 saturated heterocycles. The summed E-state index contributed by atoms with van der Waals surface area (Å²) in [5.41, 5.74) is 1.54. The maximum absolute atomic E-state index is 12.0. The quantitative estimate of drug-likeness (QED) is 0.503. The first-order chi connectivity index (χ1) is 7.11. The standard InChI is InChI=1S/C11H8Br2O2/c12-8-9(13)11(15)7-5-2-1-4(3-5)6(7)10(8)14/h1-2,4-5,8-9H,3H2/t4-,5+,8-,9-/m1/s1. The van der Waals surface area contributed by atoms with Gasteiger partial charge in [-0.05, 0) is 6.42 Å². The van der Waals surface area contributed by atoms with E-state index in [1.54, 1.807) is 0 Å². The number of hydrogen-bond donors (Lipinski definition) is 0. The van der Waals surface area contributed by atoms with E-state index in [4.69, 9.17) is 0 Å². The predicted octanol–water partition coefficient (Wildman–Crippen LogP) is 2.17. The molecule has 0 fully saturated rings. The van der Waals surface area contributed by atoms with Gasteiger partial charge >= 0.3 is 0 Å². The summed E-state index contributed by atoms with van der Waals surface area (Å²) >= 11 is 6.58. The number of hydrogen-bond acceptors (Lipinski definition) is 2. The van der Waals surface area contributed by atoms with Gasteiger partial charge in [0.15, 0.2) is 11.6 Å². The second-order valence-corrected chi connectivity index (χ2v) is 6.17. The van der Waals surface area contributed by atoms with Gasteiger partial charge in [0.05, 0.1) is 9.65 Å². The fourth-order valence-electron chi connectivity index (χ4n) is 2.72. The zero-order chi connectivity index (χ0) is 10.7. The van der Waals surface area contributed by atoms with Gasteiger partial charge in [-0.25, -0.2) is 0 Å². The van der Waals surface area contributed by atoms with Gasteiger partial charge in [-0.15, -0.1) is 0 Å². The van der Waals surface area contributed by atoms with E-state index in [1.165, 1.54) is 0 Å². The number of rotatable bonds is 0. The van der Waals surface area contributed by atoms with E-state index in [2.05, 4.69) is 44.0 Å². The number of alkyl halides is 2. The van der Waals surface area contributed by atoms with Crippen molar-refractivity contribution in [3.8, 4) is 0 Å². The van der Waals surface area contributed by atoms with Crippen molar-refractivity contribution >= 4 is 43.4 Å². The fraction of sp³-hybridized carbons (Fsp3) is 0.455. The summed E-state index contributed by atoms with van der Waals surface area (Å²) in [5.74, 6) is 0.564. The van der Waals surface area contributed by atoms with Gasteiger partial charge in [0.1, 0.15) is 0 Å². The first-order valence-electron chi connectivity index (χ1n) is 4.90. The van der Waals surface area contributed by atoms with Crippen molar-refractivity contribution in [2.75, 3.05) is 0 Å². The van der Waals surface area contributed by atoms with Crippen LogP contribution in [0.15, 0.2) is 23.3 Å². The van der Waals surface area contributed by atoms with Crippen LogP contribution in [0.3, 0.4) is 0 Å². The maximum atomic E-state index is 12.0. The Balaban J connectivity index is 2.15. The van der Waals surface area contributed by atoms with Crippen LogP contribution in [0.25, 0.3) is 0 Å². The Morgan fingerprint density at radius 1 is 0.933 bits per heavy atom. The molecule has 0 aromatic heterocycles. The molecule has 0 amide bonds. The lowest BCUT2D eigenvalue weighted by molar-refractivity contribution is -0.121. The van der Waals surface area contributed by atoms with Crippen molar-refractivity contribution < 1.29 is 9.59 Å². The van der Waals surface area contributed by atoms with Gasteiger partial charge in [0.2, 0.25) is 0 Å². The highest BCUT2D eigenvalue weighted by molar-refractivity contribution is 9.12. The second-order valence-electron chi connectivity index (χ2n) is 4.19. The van der Waals surface area contributed by atoms with Crippen LogP contribution >= 0.6 is 31.9 Å². The molecule has 3 rings (SSSR count). The van der Waals surface area contributed by atoms with Crippen molar-refractivity contribution in [1.29, 1.82) is 0 Å². The highest BCUT2D eigenvalue weighted by Crippen LogP contribution is 2.49. The number of allylic oxidation sites excluding steroid dienone is 4. The topological polar surface area (TPSA) is 34.1 Å². The van der Waals surface area contributed by atoms with E-state index < -0.39 is 9.65 Å². The maximum Gasteiger partial charge on any atom is 0.175 e. The summed E-state index contributed by atoms with van der Waals surface area (Å²) in [6.07, 6.45) is 5.04. The molecule has 0 aromatic carbocycles. The lowest BCUT2D eigenvalue weighted by atomic mass is 9.83. The summed E-state index contributed by atoms with van der Waals surface area (Å²) < 4.78 is 0. The summed E-state index contributed by atoms with van der Waals surface area (Å²) in [7, 11) is 0. The molecule has 78 valence electrons. The number of Topliss-reactive ketones (excluding diaryl/α,β-unsaturated/α-hetero) is 2. The van der Waals surface area contributed by atoms with Crippen molar-refractivity contribution in [2.24, 2.45) is 11.8 Å². The molecule has 0 saturated carbocycles. The van der Waals surface area contributed by atoms with E-state index in [1.807, 2.05) is 0 Å². The van der Waals surface area contributed by atoms with Crippen LogP contribution in [0.2, 0.25) is 0 Å². The molecular formula is C11H8Br2O2. The van der Waals surface area contributed by atoms with E-state index in [0.717, 1.165) is 17.6 Å². The summed E-state index contributed by atoms with van der Waals surface area (Å²) in [5, 5.41) is 0. The van der Waals surface area contributed by atoms with E-state index in [0.29, 0.717) is 0 Å². The fourth-order valence-corrected chi connectivity index (χ4v) is 3.69. The summed E-state index contributed by atoms with van der Waals surface area (Å²) in [6, 6.07) is 0. The minimum atomic E-state index is -0.392. The predicted molar refractivity (Wildman–Crippen MR) is 63.2 cm³/mol. The van der Waals surface area contributed by atoms with Crippen LogP contribution in [0.5, 0.6) is 0 Å². The minimum Gasteiger partial charge on any atom is -0.293 e. The molecule has 2 bridgehead atoms. The average molecular weight is 332 g/mol. The number of carbonyl (C=O) groups is 2. The van der Waals surface area contributed by atoms with E-state index in [9.17, 15) is 9.59 Å². The van der Waals surface area contributed by atoms with Crippen LogP contribution in [0.4, 0.5) is 0 Å². The van der Waals surface area contributed by atoms with Crippen molar-refractivity contribution in [3.63, 3.8) is 0 Å². The largest absolute Gasteiger partial charge is 0.293 e. The van der Waals surface area contributed by atoms with E-state index >= 15 is 0 Å². The van der Waals surface area contributed by atoms with Crippen LogP contribution in [0.1, 0.15) is 6.42 Å². The van der Waals surface area contributed by atoms with Gasteiger partial charge in [0, 0.05) is 23.0 Å². The highest BCUT2D eigenvalue weighted by atomic mass is 79.9. The molecule has 4 heteroatoms. The van der Waals surface area contributed by atoms with Crippen molar-refractivity contribution in [2.45, 2.75) is 16.1 Å².